The van der Waals surface area contributed by atoms with Gasteiger partial charge in [-0.25, -0.2) is 0 Å². The summed E-state index contributed by atoms with van der Waals surface area (Å²) in [5.41, 5.74) is 0. The van der Waals surface area contributed by atoms with Crippen LogP contribution in [0.4, 0.5) is 0 Å². The van der Waals surface area contributed by atoms with Crippen LogP contribution in [0.15, 0.2) is 0 Å². The third-order valence-corrected chi connectivity index (χ3v) is 30.9. The quantitative estimate of drug-likeness (QED) is 0.542. The SMILES string of the molecule is [CH3][Ge]1=[Ge]([CH3])[CH2]C[CH2]1. The fourth-order valence-electron chi connectivity index (χ4n) is 1.05. The molecule has 1 rings (SSSR count). The first-order valence-electron chi connectivity index (χ1n) is 2.96. The van der Waals surface area contributed by atoms with Gasteiger partial charge in [0.05, 0.1) is 0 Å². The Bertz CT molecular complexity index is 92.6. The summed E-state index contributed by atoms with van der Waals surface area (Å²) < 4.78 is 0. The van der Waals surface area contributed by atoms with Crippen LogP contribution in [0.1, 0.15) is 6.42 Å². The van der Waals surface area contributed by atoms with Crippen molar-refractivity contribution in [2.75, 3.05) is 0 Å². The molecule has 0 spiro atoms. The molecule has 0 amide bonds. The first kappa shape index (κ1) is 6.21. The van der Waals surface area contributed by atoms with E-state index < -0.39 is 0 Å². The van der Waals surface area contributed by atoms with Gasteiger partial charge in [0.25, 0.3) is 0 Å². The standard InChI is InChI=1S/C5H12Ge2/c1-6-4-3-5-7(6)2/h3-5H2,1-2H3. The summed E-state index contributed by atoms with van der Waals surface area (Å²) >= 11 is -0.417. The maximum absolute atomic E-state index is 2.60. The van der Waals surface area contributed by atoms with Gasteiger partial charge >= 0.3 is 52.1 Å². The van der Waals surface area contributed by atoms with Crippen molar-refractivity contribution in [2.24, 2.45) is 0 Å². The van der Waals surface area contributed by atoms with Gasteiger partial charge in [-0.05, 0) is 0 Å². The van der Waals surface area contributed by atoms with Crippen LogP contribution >= 0.6 is 0 Å². The van der Waals surface area contributed by atoms with E-state index in [1.807, 2.05) is 0 Å². The fraction of sp³-hybridized carbons (Fsp3) is 1.00. The molecule has 0 radical (unpaired) electrons. The molecule has 0 aromatic carbocycles. The Morgan fingerprint density at radius 2 is 1.43 bits per heavy atom. The molecule has 0 unspecified atom stereocenters. The van der Waals surface area contributed by atoms with Gasteiger partial charge in [-0.2, -0.15) is 0 Å². The second kappa shape index (κ2) is 2.58. The van der Waals surface area contributed by atoms with E-state index in [0.29, 0.717) is 0 Å². The molecule has 0 nitrogen and oxygen atoms in total. The minimum absolute atomic E-state index is 0.208. The molecule has 0 N–H and O–H groups in total. The van der Waals surface area contributed by atoms with Crippen molar-refractivity contribution in [3.63, 3.8) is 0 Å². The normalized spacial score (nSPS) is 21.4. The Balaban J connectivity index is 2.64. The van der Waals surface area contributed by atoms with E-state index in [1.165, 1.54) is 0 Å². The van der Waals surface area contributed by atoms with Gasteiger partial charge in [0, 0.05) is 0 Å². The Labute approximate surface area is 52.2 Å². The fourth-order valence-corrected chi connectivity index (χ4v) is 20.5. The van der Waals surface area contributed by atoms with Crippen LogP contribution in [0, 0.1) is 0 Å². The van der Waals surface area contributed by atoms with Crippen molar-refractivity contribution in [2.45, 2.75) is 28.4 Å². The van der Waals surface area contributed by atoms with E-state index in [2.05, 4.69) is 11.5 Å². The van der Waals surface area contributed by atoms with E-state index >= 15 is 0 Å². The summed E-state index contributed by atoms with van der Waals surface area (Å²) in [5, 5.41) is 3.43. The Morgan fingerprint density at radius 3 is 1.57 bits per heavy atom. The van der Waals surface area contributed by atoms with Gasteiger partial charge in [0.2, 0.25) is 0 Å². The topological polar surface area (TPSA) is 0 Å². The van der Waals surface area contributed by atoms with E-state index in [1.54, 1.807) is 16.9 Å². The van der Waals surface area contributed by atoms with E-state index in [9.17, 15) is 0 Å². The molecule has 7 heavy (non-hydrogen) atoms. The van der Waals surface area contributed by atoms with Crippen molar-refractivity contribution < 1.29 is 0 Å². The number of hydrogen-bond donors (Lipinski definition) is 0. The van der Waals surface area contributed by atoms with Crippen LogP contribution in [0.3, 0.4) is 0 Å². The minimum atomic E-state index is -0.208. The average Bonchev–Trinajstić information content (AvgIpc) is 1.91. The Hall–Kier alpha value is 1.09. The first-order valence-corrected chi connectivity index (χ1v) is 16.6. The molecule has 2 heteroatoms. The molecule has 40 valence electrons. The molecule has 0 atom stereocenters. The zero-order valence-corrected chi connectivity index (χ0v) is 9.32. The van der Waals surface area contributed by atoms with Crippen molar-refractivity contribution in [3.05, 3.63) is 0 Å². The van der Waals surface area contributed by atoms with Crippen LogP contribution in [-0.2, 0) is 0 Å². The van der Waals surface area contributed by atoms with E-state index in [4.69, 9.17) is 0 Å². The molecule has 0 saturated carbocycles. The van der Waals surface area contributed by atoms with Crippen molar-refractivity contribution in [1.82, 2.24) is 0 Å². The van der Waals surface area contributed by atoms with Gasteiger partial charge in [-0.15, -0.1) is 0 Å². The summed E-state index contributed by atoms with van der Waals surface area (Å²) in [6.07, 6.45) is 1.62. The summed E-state index contributed by atoms with van der Waals surface area (Å²) in [7, 11) is 0. The van der Waals surface area contributed by atoms with Crippen LogP contribution < -0.4 is 0 Å². The average molecular weight is 217 g/mol. The van der Waals surface area contributed by atoms with Crippen LogP contribution in [0.5, 0.6) is 0 Å². The summed E-state index contributed by atoms with van der Waals surface area (Å²) in [6.45, 7) is 0. The summed E-state index contributed by atoms with van der Waals surface area (Å²) in [4.78, 5) is 0. The molecule has 0 aromatic rings. The zero-order valence-electron chi connectivity index (χ0n) is 5.12. The van der Waals surface area contributed by atoms with Gasteiger partial charge in [-0.1, -0.05) is 0 Å². The number of rotatable bonds is 0. The van der Waals surface area contributed by atoms with Crippen molar-refractivity contribution >= 4 is 23.7 Å². The van der Waals surface area contributed by atoms with Crippen LogP contribution in [0.25, 0.3) is 0 Å². The molecule has 0 fully saturated rings. The van der Waals surface area contributed by atoms with Gasteiger partial charge in [-0.3, -0.25) is 0 Å². The zero-order chi connectivity index (χ0) is 5.28. The van der Waals surface area contributed by atoms with Gasteiger partial charge in [0.15, 0.2) is 0 Å². The van der Waals surface area contributed by atoms with Gasteiger partial charge < -0.3 is 0 Å². The maximum atomic E-state index is 2.60. The monoisotopic (exact) mass is 220 g/mol. The molecule has 0 aromatic heterocycles. The van der Waals surface area contributed by atoms with Crippen LogP contribution in [-0.4, -0.2) is 23.7 Å². The molecule has 1 heterocycles. The molecule has 0 saturated heterocycles. The van der Waals surface area contributed by atoms with Crippen LogP contribution in [0.2, 0.25) is 22.0 Å². The van der Waals surface area contributed by atoms with E-state index in [0.717, 1.165) is 0 Å². The third kappa shape index (κ3) is 1.49. The summed E-state index contributed by atoms with van der Waals surface area (Å²) in [6, 6.07) is 0. The number of hydrogen-bond acceptors (Lipinski definition) is 0. The van der Waals surface area contributed by atoms with Gasteiger partial charge in [0.1, 0.15) is 0 Å². The molecule has 0 aliphatic carbocycles. The second-order valence-electron chi connectivity index (χ2n) is 2.41. The Morgan fingerprint density at radius 1 is 1.00 bits per heavy atom. The molecular formula is C5H12Ge2. The first-order chi connectivity index (χ1) is 3.30. The molecule has 1 aliphatic rings. The van der Waals surface area contributed by atoms with Crippen molar-refractivity contribution in [1.29, 1.82) is 0 Å². The predicted molar refractivity (Wildman–Crippen MR) is 37.5 cm³/mol. The Kier molecular flexibility index (Phi) is 2.29. The van der Waals surface area contributed by atoms with Crippen molar-refractivity contribution in [3.8, 4) is 0 Å². The third-order valence-electron chi connectivity index (χ3n) is 1.83. The second-order valence-corrected chi connectivity index (χ2v) is 29.7. The molecule has 0 bridgehead atoms. The predicted octanol–water partition coefficient (Wildman–Crippen LogP) is 1.72. The molecular weight excluding hydrogens is 205 g/mol. The van der Waals surface area contributed by atoms with E-state index in [-0.39, 0.29) is 23.7 Å². The summed E-state index contributed by atoms with van der Waals surface area (Å²) in [5.74, 6) is 5.20. The molecule has 1 aliphatic heterocycles.